The monoisotopic (exact) mass is 456 g/mol. The number of hydrogen-bond acceptors (Lipinski definition) is 5. The number of rotatable bonds is 4. The van der Waals surface area contributed by atoms with Gasteiger partial charge in [-0.3, -0.25) is 19.2 Å². The Hall–Kier alpha value is -3.23. The fraction of sp³-hybridized carbons (Fsp3) is 0.500. The normalized spacial score (nSPS) is 24.9. The molecule has 0 radical (unpaired) electrons. The van der Waals surface area contributed by atoms with Gasteiger partial charge in [-0.1, -0.05) is 6.92 Å². The number of ether oxygens (including phenoxy) is 1. The number of nitrogens with zero attached hydrogens (tertiary/aromatic N) is 3. The molecule has 2 aliphatic rings. The molecule has 1 aliphatic carbocycles. The third kappa shape index (κ3) is 4.12. The van der Waals surface area contributed by atoms with E-state index in [1.807, 2.05) is 0 Å². The molecule has 0 bridgehead atoms. The summed E-state index contributed by atoms with van der Waals surface area (Å²) in [5, 5.41) is 7.36. The minimum Gasteiger partial charge on any atom is -0.464 e. The zero-order chi connectivity index (χ0) is 23.9. The molecule has 0 saturated heterocycles. The van der Waals surface area contributed by atoms with Crippen LogP contribution in [0.25, 0.3) is 0 Å². The maximum absolute atomic E-state index is 13.8. The quantitative estimate of drug-likeness (QED) is 0.713. The Morgan fingerprint density at radius 3 is 2.55 bits per heavy atom. The van der Waals surface area contributed by atoms with Crippen molar-refractivity contribution in [2.45, 2.75) is 64.6 Å². The topological polar surface area (TPSA) is 93.5 Å². The lowest BCUT2D eigenvalue weighted by atomic mass is 9.86. The van der Waals surface area contributed by atoms with Crippen LogP contribution in [-0.4, -0.2) is 46.3 Å². The number of benzene rings is 1. The molecule has 1 aromatic carbocycles. The van der Waals surface area contributed by atoms with Crippen molar-refractivity contribution in [2.24, 2.45) is 5.92 Å². The number of amides is 2. The summed E-state index contributed by atoms with van der Waals surface area (Å²) in [4.78, 5) is 40.8. The summed E-state index contributed by atoms with van der Waals surface area (Å²) < 4.78 is 19.9. The van der Waals surface area contributed by atoms with Gasteiger partial charge in [-0.05, 0) is 69.2 Å². The second kappa shape index (κ2) is 8.61. The molecular formula is C24H29FN4O4. The van der Waals surface area contributed by atoms with Crippen LogP contribution in [0.3, 0.4) is 0 Å². The third-order valence-corrected chi connectivity index (χ3v) is 6.79. The van der Waals surface area contributed by atoms with Gasteiger partial charge in [0.25, 0.3) is 5.91 Å². The number of hydrogen-bond donors (Lipinski definition) is 1. The highest BCUT2D eigenvalue weighted by Crippen LogP contribution is 2.35. The van der Waals surface area contributed by atoms with Crippen molar-refractivity contribution in [2.75, 3.05) is 12.0 Å². The number of anilines is 1. The van der Waals surface area contributed by atoms with E-state index in [0.29, 0.717) is 17.2 Å². The van der Waals surface area contributed by atoms with E-state index >= 15 is 0 Å². The Balaban J connectivity index is 1.76. The van der Waals surface area contributed by atoms with E-state index in [1.54, 1.807) is 13.8 Å². The number of fused-ring (bicyclic) bond motifs is 1. The standard InChI is InChI=1S/C24H29FN4O4/c1-14-5-8-17(9-6-14)26-23(32)24(3)13-28-20(12-18(27-28)22(31)33-4)21(30)29(24)19-10-7-16(25)11-15(19)2/h7,10-12,14,17H,5-6,8-9,13H2,1-4H3,(H,26,32)/t14?,17?,24-/m0/s1. The van der Waals surface area contributed by atoms with Crippen LogP contribution >= 0.6 is 0 Å². The molecule has 2 aromatic rings. The van der Waals surface area contributed by atoms with Crippen LogP contribution in [0.2, 0.25) is 0 Å². The van der Waals surface area contributed by atoms with Gasteiger partial charge in [0.1, 0.15) is 17.1 Å². The number of esters is 1. The summed E-state index contributed by atoms with van der Waals surface area (Å²) in [6.07, 6.45) is 3.83. The van der Waals surface area contributed by atoms with Gasteiger partial charge in [0, 0.05) is 17.8 Å². The Bertz CT molecular complexity index is 1110. The number of carbonyl (C=O) groups is 3. The second-order valence-corrected chi connectivity index (χ2v) is 9.34. The molecule has 4 rings (SSSR count). The molecule has 0 unspecified atom stereocenters. The summed E-state index contributed by atoms with van der Waals surface area (Å²) in [7, 11) is 1.24. The smallest absolute Gasteiger partial charge is 0.358 e. The van der Waals surface area contributed by atoms with E-state index in [9.17, 15) is 18.8 Å². The molecule has 9 heteroatoms. The Kier molecular flexibility index (Phi) is 5.99. The van der Waals surface area contributed by atoms with Gasteiger partial charge in [-0.25, -0.2) is 9.18 Å². The van der Waals surface area contributed by atoms with Crippen molar-refractivity contribution < 1.29 is 23.5 Å². The molecule has 1 saturated carbocycles. The fourth-order valence-electron chi connectivity index (χ4n) is 4.78. The zero-order valence-corrected chi connectivity index (χ0v) is 19.4. The number of methoxy groups -OCH3 is 1. The molecule has 0 spiro atoms. The second-order valence-electron chi connectivity index (χ2n) is 9.34. The first-order valence-electron chi connectivity index (χ1n) is 11.2. The van der Waals surface area contributed by atoms with Crippen LogP contribution in [0.1, 0.15) is 66.1 Å². The van der Waals surface area contributed by atoms with Gasteiger partial charge in [-0.15, -0.1) is 0 Å². The van der Waals surface area contributed by atoms with E-state index in [1.165, 1.54) is 41.0 Å². The number of halogens is 1. The zero-order valence-electron chi connectivity index (χ0n) is 19.4. The molecule has 1 aliphatic heterocycles. The van der Waals surface area contributed by atoms with Crippen LogP contribution in [0, 0.1) is 18.7 Å². The average Bonchev–Trinajstić information content (AvgIpc) is 3.20. The van der Waals surface area contributed by atoms with Crippen molar-refractivity contribution in [3.63, 3.8) is 0 Å². The van der Waals surface area contributed by atoms with E-state index < -0.39 is 23.2 Å². The summed E-state index contributed by atoms with van der Waals surface area (Å²) in [6, 6.07) is 5.49. The van der Waals surface area contributed by atoms with Crippen molar-refractivity contribution in [3.05, 3.63) is 47.0 Å². The number of aryl methyl sites for hydroxylation is 1. The predicted molar refractivity (Wildman–Crippen MR) is 119 cm³/mol. The Morgan fingerprint density at radius 2 is 1.91 bits per heavy atom. The molecule has 8 nitrogen and oxygen atoms in total. The van der Waals surface area contributed by atoms with Crippen LogP contribution in [-0.2, 0) is 16.1 Å². The minimum atomic E-state index is -1.34. The molecule has 176 valence electrons. The van der Waals surface area contributed by atoms with Gasteiger partial charge in [0.05, 0.1) is 13.7 Å². The molecule has 1 aromatic heterocycles. The minimum absolute atomic E-state index is 0.0115. The van der Waals surface area contributed by atoms with Gasteiger partial charge < -0.3 is 10.1 Å². The lowest BCUT2D eigenvalue weighted by Gasteiger charge is -2.44. The number of nitrogens with one attached hydrogen (secondary N) is 1. The average molecular weight is 457 g/mol. The lowest BCUT2D eigenvalue weighted by molar-refractivity contribution is -0.127. The number of aromatic nitrogens is 2. The third-order valence-electron chi connectivity index (χ3n) is 6.79. The molecule has 1 N–H and O–H groups in total. The van der Waals surface area contributed by atoms with Crippen molar-refractivity contribution >= 4 is 23.5 Å². The van der Waals surface area contributed by atoms with Crippen molar-refractivity contribution in [1.29, 1.82) is 0 Å². The first-order valence-corrected chi connectivity index (χ1v) is 11.2. The molecule has 1 fully saturated rings. The Labute approximate surface area is 192 Å². The molecule has 33 heavy (non-hydrogen) atoms. The maximum atomic E-state index is 13.8. The van der Waals surface area contributed by atoms with Gasteiger partial charge in [0.2, 0.25) is 5.91 Å². The molecule has 2 heterocycles. The van der Waals surface area contributed by atoms with E-state index in [4.69, 9.17) is 4.74 Å². The van der Waals surface area contributed by atoms with Gasteiger partial charge in [0.15, 0.2) is 5.69 Å². The summed E-state index contributed by atoms with van der Waals surface area (Å²) in [5.41, 5.74) is -0.230. The van der Waals surface area contributed by atoms with Gasteiger partial charge in [-0.2, -0.15) is 5.10 Å². The maximum Gasteiger partial charge on any atom is 0.358 e. The summed E-state index contributed by atoms with van der Waals surface area (Å²) in [6.45, 7) is 5.61. The molecule has 1 atom stereocenters. The van der Waals surface area contributed by atoms with E-state index in [2.05, 4.69) is 17.3 Å². The molecular weight excluding hydrogens is 427 g/mol. The van der Waals surface area contributed by atoms with Crippen LogP contribution < -0.4 is 10.2 Å². The van der Waals surface area contributed by atoms with Crippen LogP contribution in [0.5, 0.6) is 0 Å². The van der Waals surface area contributed by atoms with Crippen LogP contribution in [0.4, 0.5) is 10.1 Å². The summed E-state index contributed by atoms with van der Waals surface area (Å²) >= 11 is 0. The fourth-order valence-corrected chi connectivity index (χ4v) is 4.78. The van der Waals surface area contributed by atoms with E-state index in [-0.39, 0.29) is 29.9 Å². The predicted octanol–water partition coefficient (Wildman–Crippen LogP) is 3.23. The SMILES string of the molecule is COC(=O)c1cc2n(n1)C[C@@](C)(C(=O)NC1CCC(C)CC1)N(c1ccc(F)cc1C)C2=O. The first kappa shape index (κ1) is 22.9. The van der Waals surface area contributed by atoms with E-state index in [0.717, 1.165) is 25.7 Å². The Morgan fingerprint density at radius 1 is 1.21 bits per heavy atom. The highest BCUT2D eigenvalue weighted by atomic mass is 19.1. The summed E-state index contributed by atoms with van der Waals surface area (Å²) in [5.74, 6) is -1.27. The van der Waals surface area contributed by atoms with Crippen molar-refractivity contribution in [3.8, 4) is 0 Å². The van der Waals surface area contributed by atoms with Gasteiger partial charge >= 0.3 is 5.97 Å². The van der Waals surface area contributed by atoms with Crippen LogP contribution in [0.15, 0.2) is 24.3 Å². The first-order chi connectivity index (χ1) is 15.6. The largest absolute Gasteiger partial charge is 0.464 e. The van der Waals surface area contributed by atoms with Crippen molar-refractivity contribution in [1.82, 2.24) is 15.1 Å². The molecule has 2 amide bonds. The highest BCUT2D eigenvalue weighted by Gasteiger charge is 2.50. The lowest BCUT2D eigenvalue weighted by Crippen LogP contribution is -2.65. The number of carbonyl (C=O) groups excluding carboxylic acids is 3. The highest BCUT2D eigenvalue weighted by molar-refractivity contribution is 6.12.